The minimum absolute atomic E-state index is 0.123. The first-order valence-corrected chi connectivity index (χ1v) is 12.6. The largest absolute Gasteiger partial charge is 0.497 e. The number of nitrogens with zero attached hydrogens (tertiary/aromatic N) is 1. The summed E-state index contributed by atoms with van der Waals surface area (Å²) in [5, 5.41) is 9.61. The van der Waals surface area contributed by atoms with Gasteiger partial charge in [-0.15, -0.1) is 0 Å². The van der Waals surface area contributed by atoms with Gasteiger partial charge in [-0.2, -0.15) is 11.8 Å². The topological polar surface area (TPSA) is 66.8 Å². The Balaban J connectivity index is 1.67. The van der Waals surface area contributed by atoms with E-state index in [1.54, 1.807) is 13.2 Å². The van der Waals surface area contributed by atoms with Gasteiger partial charge in [0, 0.05) is 5.41 Å². The fourth-order valence-corrected chi connectivity index (χ4v) is 7.94. The van der Waals surface area contributed by atoms with Crippen molar-refractivity contribution in [3.8, 4) is 5.75 Å². The number of carbonyl (C=O) groups is 1. The van der Waals surface area contributed by atoms with Gasteiger partial charge in [-0.25, -0.2) is 9.00 Å². The van der Waals surface area contributed by atoms with E-state index in [-0.39, 0.29) is 11.5 Å². The Bertz CT molecular complexity index is 1010. The van der Waals surface area contributed by atoms with Gasteiger partial charge in [-0.1, -0.05) is 6.07 Å². The van der Waals surface area contributed by atoms with Crippen LogP contribution in [0.2, 0.25) is 0 Å². The second kappa shape index (κ2) is 7.61. The third-order valence-electron chi connectivity index (χ3n) is 6.71. The summed E-state index contributed by atoms with van der Waals surface area (Å²) in [6.45, 7) is 0. The summed E-state index contributed by atoms with van der Waals surface area (Å²) in [6, 6.07) is 13.0. The zero-order chi connectivity index (χ0) is 20.9. The SMILES string of the molecule is COc1cccc(S(=O)N2c3ccc(C(=O)O)cc3C3(CCSCC3)C2C2CC2)c1. The van der Waals surface area contributed by atoms with E-state index in [1.807, 2.05) is 48.2 Å². The summed E-state index contributed by atoms with van der Waals surface area (Å²) in [4.78, 5) is 12.4. The lowest BCUT2D eigenvalue weighted by molar-refractivity contribution is 0.0696. The summed E-state index contributed by atoms with van der Waals surface area (Å²) in [5.74, 6) is 2.39. The molecular weight excluding hydrogens is 418 g/mol. The van der Waals surface area contributed by atoms with Crippen molar-refractivity contribution in [3.63, 3.8) is 0 Å². The summed E-state index contributed by atoms with van der Waals surface area (Å²) >= 11 is 1.96. The standard InChI is InChI=1S/C23H25NO4S2/c1-28-17-3-2-4-18(14-17)30(27)24-20-8-7-16(22(25)26)13-19(20)23(9-11-29-12-10-23)21(24)15-5-6-15/h2-4,7-8,13-15,21H,5-6,9-12H2,1H3,(H,25,26). The molecule has 2 aromatic rings. The Kier molecular flexibility index (Phi) is 5.06. The molecule has 30 heavy (non-hydrogen) atoms. The molecule has 2 fully saturated rings. The maximum atomic E-state index is 13.9. The summed E-state index contributed by atoms with van der Waals surface area (Å²) in [7, 11) is 0.225. The fourth-order valence-electron chi connectivity index (χ4n) is 5.16. The molecule has 158 valence electrons. The molecule has 1 N–H and O–H groups in total. The molecule has 2 atom stereocenters. The van der Waals surface area contributed by atoms with Crippen LogP contribution in [0.4, 0.5) is 5.69 Å². The molecule has 1 saturated carbocycles. The van der Waals surface area contributed by atoms with E-state index in [4.69, 9.17) is 4.74 Å². The van der Waals surface area contributed by atoms with E-state index in [1.165, 1.54) is 0 Å². The number of carboxylic acid groups (broad SMARTS) is 1. The molecule has 7 heteroatoms. The average molecular weight is 444 g/mol. The van der Waals surface area contributed by atoms with Crippen molar-refractivity contribution in [2.24, 2.45) is 5.92 Å². The first-order chi connectivity index (χ1) is 14.5. The third kappa shape index (κ3) is 3.14. The number of hydrogen-bond acceptors (Lipinski definition) is 4. The highest BCUT2D eigenvalue weighted by Gasteiger charge is 2.58. The maximum absolute atomic E-state index is 13.9. The van der Waals surface area contributed by atoms with E-state index >= 15 is 0 Å². The lowest BCUT2D eigenvalue weighted by atomic mass is 9.70. The Labute approximate surface area is 183 Å². The number of hydrogen-bond donors (Lipinski definition) is 1. The summed E-state index contributed by atoms with van der Waals surface area (Å²) in [5.41, 5.74) is 2.21. The fraction of sp³-hybridized carbons (Fsp3) is 0.435. The second-order valence-corrected chi connectivity index (χ2v) is 10.9. The zero-order valence-electron chi connectivity index (χ0n) is 16.9. The third-order valence-corrected chi connectivity index (χ3v) is 9.14. The number of carboxylic acids is 1. The summed E-state index contributed by atoms with van der Waals surface area (Å²) in [6.07, 6.45) is 4.29. The highest BCUT2D eigenvalue weighted by Crippen LogP contribution is 2.59. The Morgan fingerprint density at radius 1 is 1.20 bits per heavy atom. The van der Waals surface area contributed by atoms with Gasteiger partial charge < -0.3 is 9.84 Å². The van der Waals surface area contributed by atoms with Crippen molar-refractivity contribution < 1.29 is 18.8 Å². The van der Waals surface area contributed by atoms with Crippen LogP contribution >= 0.6 is 11.8 Å². The van der Waals surface area contributed by atoms with Gasteiger partial charge in [0.2, 0.25) is 0 Å². The van der Waals surface area contributed by atoms with Crippen LogP contribution in [-0.4, -0.2) is 39.9 Å². The van der Waals surface area contributed by atoms with Gasteiger partial charge in [0.1, 0.15) is 5.75 Å². The average Bonchev–Trinajstić information content (AvgIpc) is 3.58. The molecule has 5 nitrogen and oxygen atoms in total. The van der Waals surface area contributed by atoms with Crippen molar-refractivity contribution in [2.75, 3.05) is 22.9 Å². The lowest BCUT2D eigenvalue weighted by Gasteiger charge is -2.41. The van der Waals surface area contributed by atoms with E-state index in [2.05, 4.69) is 4.31 Å². The molecule has 1 aliphatic carbocycles. The van der Waals surface area contributed by atoms with Crippen molar-refractivity contribution in [1.82, 2.24) is 0 Å². The van der Waals surface area contributed by atoms with Crippen LogP contribution in [0, 0.1) is 5.92 Å². The van der Waals surface area contributed by atoms with Gasteiger partial charge in [0.05, 0.1) is 29.3 Å². The normalized spacial score (nSPS) is 23.2. The number of benzene rings is 2. The molecule has 0 radical (unpaired) electrons. The Morgan fingerprint density at radius 2 is 1.97 bits per heavy atom. The first-order valence-electron chi connectivity index (χ1n) is 10.4. The minimum atomic E-state index is -1.39. The molecule has 1 saturated heterocycles. The molecule has 1 spiro atoms. The molecule has 0 aromatic heterocycles. The predicted molar refractivity (Wildman–Crippen MR) is 120 cm³/mol. The number of rotatable bonds is 5. The van der Waals surface area contributed by atoms with Crippen molar-refractivity contribution in [3.05, 3.63) is 53.6 Å². The van der Waals surface area contributed by atoms with Crippen molar-refractivity contribution in [1.29, 1.82) is 0 Å². The van der Waals surface area contributed by atoms with E-state index in [0.717, 1.165) is 53.3 Å². The number of anilines is 1. The summed E-state index contributed by atoms with van der Waals surface area (Å²) < 4.78 is 21.4. The quantitative estimate of drug-likeness (QED) is 0.738. The van der Waals surface area contributed by atoms with Crippen LogP contribution in [0.25, 0.3) is 0 Å². The molecule has 5 rings (SSSR count). The van der Waals surface area contributed by atoms with Gasteiger partial charge in [0.25, 0.3) is 0 Å². The maximum Gasteiger partial charge on any atom is 0.335 e. The number of ether oxygens (including phenoxy) is 1. The molecule has 0 amide bonds. The van der Waals surface area contributed by atoms with E-state index < -0.39 is 17.0 Å². The Hall–Kier alpha value is -1.99. The number of fused-ring (bicyclic) bond motifs is 2. The molecule has 2 aliphatic heterocycles. The number of methoxy groups -OCH3 is 1. The Morgan fingerprint density at radius 3 is 2.63 bits per heavy atom. The van der Waals surface area contributed by atoms with Crippen LogP contribution < -0.4 is 9.04 Å². The van der Waals surface area contributed by atoms with Crippen LogP contribution in [-0.2, 0) is 16.4 Å². The minimum Gasteiger partial charge on any atom is -0.497 e. The van der Waals surface area contributed by atoms with Crippen molar-refractivity contribution >= 4 is 34.4 Å². The zero-order valence-corrected chi connectivity index (χ0v) is 18.5. The molecular formula is C23H25NO4S2. The molecule has 3 aliphatic rings. The smallest absolute Gasteiger partial charge is 0.335 e. The lowest BCUT2D eigenvalue weighted by Crippen LogP contribution is -2.49. The molecule has 2 aromatic carbocycles. The molecule has 2 unspecified atom stereocenters. The van der Waals surface area contributed by atoms with Crippen LogP contribution in [0.1, 0.15) is 41.6 Å². The van der Waals surface area contributed by atoms with Gasteiger partial charge >= 0.3 is 5.97 Å². The van der Waals surface area contributed by atoms with Crippen LogP contribution in [0.5, 0.6) is 5.75 Å². The molecule has 0 bridgehead atoms. The van der Waals surface area contributed by atoms with E-state index in [9.17, 15) is 14.1 Å². The van der Waals surface area contributed by atoms with Gasteiger partial charge in [-0.3, -0.25) is 4.31 Å². The number of thioether (sulfide) groups is 1. The molecule has 2 heterocycles. The highest BCUT2D eigenvalue weighted by molar-refractivity contribution is 7.99. The predicted octanol–water partition coefficient (Wildman–Crippen LogP) is 4.48. The van der Waals surface area contributed by atoms with Crippen molar-refractivity contribution in [2.45, 2.75) is 42.0 Å². The highest BCUT2D eigenvalue weighted by atomic mass is 32.2. The number of aromatic carboxylic acids is 1. The van der Waals surface area contributed by atoms with Gasteiger partial charge in [-0.05, 0) is 85.1 Å². The van der Waals surface area contributed by atoms with E-state index in [0.29, 0.717) is 17.2 Å². The monoisotopic (exact) mass is 443 g/mol. The van der Waals surface area contributed by atoms with Crippen LogP contribution in [0.3, 0.4) is 0 Å². The van der Waals surface area contributed by atoms with Crippen LogP contribution in [0.15, 0.2) is 47.4 Å². The second-order valence-electron chi connectivity index (χ2n) is 8.34. The van der Waals surface area contributed by atoms with Gasteiger partial charge in [0.15, 0.2) is 11.0 Å². The first kappa shape index (κ1) is 19.9.